The number of carbonyl (C=O) groups excluding carboxylic acids is 1. The molecule has 0 saturated heterocycles. The Bertz CT molecular complexity index is 718. The van der Waals surface area contributed by atoms with E-state index in [-0.39, 0.29) is 5.41 Å². The second kappa shape index (κ2) is 5.33. The van der Waals surface area contributed by atoms with Crippen molar-refractivity contribution in [1.82, 2.24) is 0 Å². The number of fused-ring (bicyclic) bond motifs is 5. The Morgan fingerprint density at radius 3 is 2.80 bits per heavy atom. The molecule has 134 valence electrons. The van der Waals surface area contributed by atoms with Gasteiger partial charge in [0, 0.05) is 17.4 Å². The molecule has 3 saturated carbocycles. The molecular weight excluding hydrogens is 312 g/mol. The number of aliphatic hydroxyl groups is 1. The highest BCUT2D eigenvalue weighted by atomic mass is 16.3. The molecule has 0 bridgehead atoms. The first-order valence-corrected chi connectivity index (χ1v) is 10.0. The molecule has 1 aromatic rings. The number of allylic oxidation sites excluding steroid dienone is 1. The minimum atomic E-state index is -0.742. The largest absolute Gasteiger partial charge is 0.472 e. The van der Waals surface area contributed by atoms with E-state index in [1.165, 1.54) is 18.4 Å². The lowest BCUT2D eigenvalue weighted by molar-refractivity contribution is -0.125. The van der Waals surface area contributed by atoms with Gasteiger partial charge in [-0.15, -0.1) is 0 Å². The average Bonchev–Trinajstić information content (AvgIpc) is 3.22. The van der Waals surface area contributed by atoms with E-state index >= 15 is 0 Å². The lowest BCUT2D eigenvalue weighted by Crippen LogP contribution is -2.51. The monoisotopic (exact) mass is 340 g/mol. The number of hydrogen-bond acceptors (Lipinski definition) is 3. The summed E-state index contributed by atoms with van der Waals surface area (Å²) in [4.78, 5) is 11.8. The fraction of sp³-hybridized carbons (Fsp3) is 0.682. The molecule has 1 heterocycles. The Morgan fingerprint density at radius 1 is 1.12 bits per heavy atom. The molecule has 25 heavy (non-hydrogen) atoms. The molecule has 6 atom stereocenters. The summed E-state index contributed by atoms with van der Waals surface area (Å²) in [6.07, 6.45) is 13.7. The van der Waals surface area contributed by atoms with E-state index in [0.717, 1.165) is 50.0 Å². The first-order valence-electron chi connectivity index (χ1n) is 10.0. The molecule has 0 radical (unpaired) electrons. The zero-order valence-electron chi connectivity index (χ0n) is 15.0. The number of ketones is 1. The summed E-state index contributed by atoms with van der Waals surface area (Å²) in [7, 11) is 0. The van der Waals surface area contributed by atoms with Crippen molar-refractivity contribution in [1.29, 1.82) is 0 Å². The van der Waals surface area contributed by atoms with Gasteiger partial charge in [0.1, 0.15) is 0 Å². The highest BCUT2D eigenvalue weighted by Crippen LogP contribution is 2.67. The topological polar surface area (TPSA) is 50.4 Å². The molecule has 0 aromatic carbocycles. The van der Waals surface area contributed by atoms with Crippen LogP contribution in [0.5, 0.6) is 0 Å². The summed E-state index contributed by atoms with van der Waals surface area (Å²) in [6.45, 7) is 2.32. The van der Waals surface area contributed by atoms with Crippen LogP contribution in [0.3, 0.4) is 0 Å². The summed E-state index contributed by atoms with van der Waals surface area (Å²) in [5, 5.41) is 11.6. The normalized spacial score (nSPS) is 46.2. The van der Waals surface area contributed by atoms with Gasteiger partial charge in [0.2, 0.25) is 0 Å². The molecule has 1 aromatic heterocycles. The van der Waals surface area contributed by atoms with Crippen molar-refractivity contribution in [3.63, 3.8) is 0 Å². The van der Waals surface area contributed by atoms with Gasteiger partial charge in [0.05, 0.1) is 18.1 Å². The lowest BCUT2D eigenvalue weighted by Gasteiger charge is -2.55. The summed E-state index contributed by atoms with van der Waals surface area (Å²) in [5.41, 5.74) is 1.61. The zero-order valence-corrected chi connectivity index (χ0v) is 15.0. The maximum absolute atomic E-state index is 11.8. The summed E-state index contributed by atoms with van der Waals surface area (Å²) >= 11 is 0. The average molecular weight is 340 g/mol. The van der Waals surface area contributed by atoms with Crippen LogP contribution in [-0.2, 0) is 10.4 Å². The van der Waals surface area contributed by atoms with E-state index in [4.69, 9.17) is 4.42 Å². The first-order chi connectivity index (χ1) is 12.0. The third-order valence-corrected chi connectivity index (χ3v) is 8.45. The van der Waals surface area contributed by atoms with Gasteiger partial charge in [0.15, 0.2) is 5.78 Å². The van der Waals surface area contributed by atoms with Crippen molar-refractivity contribution in [2.24, 2.45) is 29.1 Å². The predicted octanol–water partition coefficient (Wildman–Crippen LogP) is 4.61. The Labute approximate surface area is 149 Å². The third-order valence-electron chi connectivity index (χ3n) is 8.45. The van der Waals surface area contributed by atoms with Crippen LogP contribution in [0, 0.1) is 29.1 Å². The van der Waals surface area contributed by atoms with Crippen LogP contribution in [0.2, 0.25) is 0 Å². The van der Waals surface area contributed by atoms with Gasteiger partial charge in [-0.3, -0.25) is 4.79 Å². The van der Waals surface area contributed by atoms with E-state index in [1.54, 1.807) is 12.5 Å². The molecule has 0 spiro atoms. The van der Waals surface area contributed by atoms with E-state index < -0.39 is 5.60 Å². The van der Waals surface area contributed by atoms with Gasteiger partial charge >= 0.3 is 0 Å². The van der Waals surface area contributed by atoms with Crippen LogP contribution in [0.15, 0.2) is 34.7 Å². The second-order valence-corrected chi connectivity index (χ2v) is 9.17. The Hall–Kier alpha value is -1.35. The van der Waals surface area contributed by atoms with Crippen molar-refractivity contribution < 1.29 is 14.3 Å². The first kappa shape index (κ1) is 15.9. The third kappa shape index (κ3) is 2.05. The molecule has 0 unspecified atom stereocenters. The molecule has 3 fully saturated rings. The molecule has 3 heteroatoms. The van der Waals surface area contributed by atoms with E-state index in [0.29, 0.717) is 23.5 Å². The standard InChI is InChI=1S/C22H28O3/c1-21-9-6-18-17-5-3-16(23)12-14(17)2-4-19(18)20(21)7-10-22(21,24)15-8-11-25-13-15/h8,11-13,17-20,24H,2-7,9-10H2,1H3/t17-,18-,19+,20-,21+,22+/m1/s1. The second-order valence-electron chi connectivity index (χ2n) is 9.17. The number of furan rings is 1. The molecule has 4 aliphatic rings. The predicted molar refractivity (Wildman–Crippen MR) is 94.7 cm³/mol. The van der Waals surface area contributed by atoms with E-state index in [2.05, 4.69) is 6.92 Å². The summed E-state index contributed by atoms with van der Waals surface area (Å²) in [5.74, 6) is 2.97. The van der Waals surface area contributed by atoms with Crippen LogP contribution in [0.1, 0.15) is 63.9 Å². The maximum atomic E-state index is 11.8. The molecule has 3 nitrogen and oxygen atoms in total. The quantitative estimate of drug-likeness (QED) is 0.812. The van der Waals surface area contributed by atoms with Crippen molar-refractivity contribution in [3.05, 3.63) is 35.8 Å². The lowest BCUT2D eigenvalue weighted by atomic mass is 9.50. The molecule has 5 rings (SSSR count). The minimum Gasteiger partial charge on any atom is -0.472 e. The van der Waals surface area contributed by atoms with Crippen molar-refractivity contribution >= 4 is 5.78 Å². The fourth-order valence-corrected chi connectivity index (χ4v) is 7.17. The maximum Gasteiger partial charge on any atom is 0.155 e. The summed E-state index contributed by atoms with van der Waals surface area (Å²) in [6, 6.07) is 1.95. The van der Waals surface area contributed by atoms with Crippen LogP contribution < -0.4 is 0 Å². The molecule has 1 N–H and O–H groups in total. The molecule has 0 aliphatic heterocycles. The Balaban J connectivity index is 1.48. The van der Waals surface area contributed by atoms with Crippen LogP contribution >= 0.6 is 0 Å². The Morgan fingerprint density at radius 2 is 2.00 bits per heavy atom. The number of hydrogen-bond donors (Lipinski definition) is 1. The molecule has 4 aliphatic carbocycles. The zero-order chi connectivity index (χ0) is 17.2. The van der Waals surface area contributed by atoms with Crippen LogP contribution in [0.25, 0.3) is 0 Å². The van der Waals surface area contributed by atoms with Gasteiger partial charge in [-0.25, -0.2) is 0 Å². The van der Waals surface area contributed by atoms with Crippen molar-refractivity contribution in [3.8, 4) is 0 Å². The van der Waals surface area contributed by atoms with Gasteiger partial charge in [0.25, 0.3) is 0 Å². The highest BCUT2D eigenvalue weighted by Gasteiger charge is 2.63. The van der Waals surface area contributed by atoms with Crippen molar-refractivity contribution in [2.75, 3.05) is 0 Å². The van der Waals surface area contributed by atoms with Gasteiger partial charge < -0.3 is 9.52 Å². The smallest absolute Gasteiger partial charge is 0.155 e. The highest BCUT2D eigenvalue weighted by molar-refractivity contribution is 5.91. The Kier molecular flexibility index (Phi) is 3.38. The summed E-state index contributed by atoms with van der Waals surface area (Å²) < 4.78 is 5.30. The number of carbonyl (C=O) groups is 1. The SMILES string of the molecule is C[C@]12CC[C@H]3[C@H](CCC4=CC(=O)CC[C@H]43)[C@H]1CC[C@]2(O)c1ccoc1. The van der Waals surface area contributed by atoms with E-state index in [1.807, 2.05) is 12.1 Å². The van der Waals surface area contributed by atoms with Gasteiger partial charge in [-0.05, 0) is 80.8 Å². The minimum absolute atomic E-state index is 0.0518. The van der Waals surface area contributed by atoms with Crippen molar-refractivity contribution in [2.45, 2.75) is 63.9 Å². The van der Waals surface area contributed by atoms with Crippen LogP contribution in [0.4, 0.5) is 0 Å². The number of rotatable bonds is 1. The van der Waals surface area contributed by atoms with Crippen LogP contribution in [-0.4, -0.2) is 10.9 Å². The van der Waals surface area contributed by atoms with Gasteiger partial charge in [-0.2, -0.15) is 0 Å². The van der Waals surface area contributed by atoms with Gasteiger partial charge in [-0.1, -0.05) is 12.5 Å². The molecule has 0 amide bonds. The molecular formula is C22H28O3. The van der Waals surface area contributed by atoms with E-state index in [9.17, 15) is 9.90 Å². The fourth-order valence-electron chi connectivity index (χ4n) is 7.17.